The molecule has 0 unspecified atom stereocenters. The van der Waals surface area contributed by atoms with Gasteiger partial charge in [-0.1, -0.05) is 30.3 Å². The molecule has 4 nitrogen and oxygen atoms in total. The van der Waals surface area contributed by atoms with Gasteiger partial charge in [0.1, 0.15) is 0 Å². The minimum Gasteiger partial charge on any atom is -0.365 e. The molecule has 3 rings (SSSR count). The van der Waals surface area contributed by atoms with Crippen LogP contribution in [-0.4, -0.2) is 15.7 Å². The molecule has 0 aliphatic rings. The van der Waals surface area contributed by atoms with E-state index in [9.17, 15) is 4.79 Å². The number of nitrogens with zero attached hydrogens (tertiary/aromatic N) is 2. The number of benzene rings is 1. The van der Waals surface area contributed by atoms with Crippen molar-refractivity contribution in [2.75, 3.05) is 0 Å². The Hall–Kier alpha value is -2.40. The maximum atomic E-state index is 11.2. The minimum absolute atomic E-state index is 0.397. The third-order valence-electron chi connectivity index (χ3n) is 3.05. The third-order valence-corrected chi connectivity index (χ3v) is 4.17. The van der Waals surface area contributed by atoms with E-state index in [-0.39, 0.29) is 0 Å². The number of carbonyl (C=O) groups excluding carboxylic acids is 1. The summed E-state index contributed by atoms with van der Waals surface area (Å²) in [6, 6.07) is 15.7. The predicted molar refractivity (Wildman–Crippen MR) is 80.5 cm³/mol. The highest BCUT2D eigenvalue weighted by molar-refractivity contribution is 7.17. The van der Waals surface area contributed by atoms with E-state index in [1.807, 2.05) is 54.2 Å². The average Bonchev–Trinajstić information content (AvgIpc) is 3.06. The van der Waals surface area contributed by atoms with Crippen LogP contribution in [0.25, 0.3) is 21.8 Å². The maximum Gasteiger partial charge on any atom is 0.258 e. The lowest BCUT2D eigenvalue weighted by molar-refractivity contribution is 0.100. The smallest absolute Gasteiger partial charge is 0.258 e. The Morgan fingerprint density at radius 1 is 1.20 bits per heavy atom. The number of thiophene rings is 1. The fourth-order valence-corrected chi connectivity index (χ4v) is 2.96. The van der Waals surface area contributed by atoms with Gasteiger partial charge in [-0.3, -0.25) is 9.48 Å². The monoisotopic (exact) mass is 283 g/mol. The highest BCUT2D eigenvalue weighted by Gasteiger charge is 2.12. The van der Waals surface area contributed by atoms with Crippen LogP contribution in [0.5, 0.6) is 0 Å². The first kappa shape index (κ1) is 12.6. The number of aromatic nitrogens is 2. The summed E-state index contributed by atoms with van der Waals surface area (Å²) in [7, 11) is 1.89. The van der Waals surface area contributed by atoms with E-state index in [2.05, 4.69) is 5.10 Å². The van der Waals surface area contributed by atoms with Crippen LogP contribution >= 0.6 is 11.3 Å². The lowest BCUT2D eigenvalue weighted by Gasteiger charge is -1.96. The Bertz CT molecular complexity index is 759. The molecule has 2 N–H and O–H groups in total. The lowest BCUT2D eigenvalue weighted by atomic mass is 10.1. The van der Waals surface area contributed by atoms with Crippen molar-refractivity contribution in [3.05, 3.63) is 53.4 Å². The Morgan fingerprint density at radius 3 is 2.60 bits per heavy atom. The van der Waals surface area contributed by atoms with E-state index in [0.29, 0.717) is 4.88 Å². The fourth-order valence-electron chi connectivity index (χ4n) is 2.06. The van der Waals surface area contributed by atoms with Crippen molar-refractivity contribution in [2.24, 2.45) is 12.8 Å². The van der Waals surface area contributed by atoms with E-state index >= 15 is 0 Å². The van der Waals surface area contributed by atoms with Gasteiger partial charge in [0.2, 0.25) is 0 Å². The molecule has 1 amide bonds. The first-order valence-electron chi connectivity index (χ1n) is 6.14. The Morgan fingerprint density at radius 2 is 1.95 bits per heavy atom. The van der Waals surface area contributed by atoms with Gasteiger partial charge < -0.3 is 5.73 Å². The molecule has 0 saturated carbocycles. The van der Waals surface area contributed by atoms with Gasteiger partial charge in [0.05, 0.1) is 21.1 Å². The molecule has 0 spiro atoms. The predicted octanol–water partition coefficient (Wildman–Crippen LogP) is 2.91. The number of amides is 1. The molecule has 0 radical (unpaired) electrons. The summed E-state index contributed by atoms with van der Waals surface area (Å²) in [6.07, 6.45) is 0. The highest BCUT2D eigenvalue weighted by Crippen LogP contribution is 2.30. The number of hydrogen-bond acceptors (Lipinski definition) is 3. The second-order valence-electron chi connectivity index (χ2n) is 4.43. The largest absolute Gasteiger partial charge is 0.365 e. The minimum atomic E-state index is -0.397. The van der Waals surface area contributed by atoms with Gasteiger partial charge in [-0.25, -0.2) is 0 Å². The van der Waals surface area contributed by atoms with Crippen LogP contribution in [0, 0.1) is 0 Å². The van der Waals surface area contributed by atoms with Crippen LogP contribution in [0.4, 0.5) is 0 Å². The Labute approximate surface area is 120 Å². The van der Waals surface area contributed by atoms with E-state index in [1.165, 1.54) is 11.3 Å². The van der Waals surface area contributed by atoms with Crippen molar-refractivity contribution in [3.63, 3.8) is 0 Å². The number of aryl methyl sites for hydroxylation is 1. The summed E-state index contributed by atoms with van der Waals surface area (Å²) in [4.78, 5) is 12.7. The summed E-state index contributed by atoms with van der Waals surface area (Å²) >= 11 is 1.38. The number of nitrogens with two attached hydrogens (primary N) is 1. The van der Waals surface area contributed by atoms with Crippen molar-refractivity contribution in [1.82, 2.24) is 9.78 Å². The molecule has 20 heavy (non-hydrogen) atoms. The van der Waals surface area contributed by atoms with Gasteiger partial charge >= 0.3 is 0 Å². The summed E-state index contributed by atoms with van der Waals surface area (Å²) < 4.78 is 1.82. The van der Waals surface area contributed by atoms with Crippen LogP contribution in [0.15, 0.2) is 48.5 Å². The van der Waals surface area contributed by atoms with E-state index in [1.54, 1.807) is 6.07 Å². The zero-order valence-corrected chi connectivity index (χ0v) is 11.7. The second kappa shape index (κ2) is 4.94. The maximum absolute atomic E-state index is 11.2. The standard InChI is InChI=1S/C15H13N3OS/c1-18-12(13-7-8-14(20-13)15(16)19)9-11(17-18)10-5-3-2-4-6-10/h2-9H,1H3,(H2,16,19). The van der Waals surface area contributed by atoms with Crippen LogP contribution in [0.1, 0.15) is 9.67 Å². The highest BCUT2D eigenvalue weighted by atomic mass is 32.1. The van der Waals surface area contributed by atoms with Crippen LogP contribution < -0.4 is 5.73 Å². The molecule has 0 fully saturated rings. The van der Waals surface area contributed by atoms with Gasteiger partial charge in [-0.15, -0.1) is 11.3 Å². The first-order valence-corrected chi connectivity index (χ1v) is 6.96. The number of hydrogen-bond donors (Lipinski definition) is 1. The van der Waals surface area contributed by atoms with Crippen LogP contribution in [0.2, 0.25) is 0 Å². The molecule has 2 heterocycles. The molecular weight excluding hydrogens is 270 g/mol. The summed E-state index contributed by atoms with van der Waals surface area (Å²) in [5, 5.41) is 4.52. The second-order valence-corrected chi connectivity index (χ2v) is 5.52. The van der Waals surface area contributed by atoms with Gasteiger partial charge in [0.25, 0.3) is 5.91 Å². The molecule has 0 saturated heterocycles. The van der Waals surface area contributed by atoms with Crippen molar-refractivity contribution in [2.45, 2.75) is 0 Å². The summed E-state index contributed by atoms with van der Waals surface area (Å²) in [5.41, 5.74) is 8.25. The third kappa shape index (κ3) is 2.23. The van der Waals surface area contributed by atoms with Gasteiger partial charge in [0, 0.05) is 12.6 Å². The molecule has 0 aliphatic heterocycles. The molecule has 0 aliphatic carbocycles. The van der Waals surface area contributed by atoms with E-state index in [4.69, 9.17) is 5.73 Å². The zero-order chi connectivity index (χ0) is 14.1. The molecule has 0 bridgehead atoms. The van der Waals surface area contributed by atoms with Crippen molar-refractivity contribution >= 4 is 17.2 Å². The molecule has 5 heteroatoms. The fraction of sp³-hybridized carbons (Fsp3) is 0.0667. The Kier molecular flexibility index (Phi) is 3.12. The number of rotatable bonds is 3. The van der Waals surface area contributed by atoms with Crippen molar-refractivity contribution < 1.29 is 4.79 Å². The number of carbonyl (C=O) groups is 1. The quantitative estimate of drug-likeness (QED) is 0.803. The van der Waals surface area contributed by atoms with E-state index < -0.39 is 5.91 Å². The molecule has 3 aromatic rings. The zero-order valence-electron chi connectivity index (χ0n) is 10.9. The summed E-state index contributed by atoms with van der Waals surface area (Å²) in [6.45, 7) is 0. The van der Waals surface area contributed by atoms with E-state index in [0.717, 1.165) is 21.8 Å². The van der Waals surface area contributed by atoms with Crippen LogP contribution in [-0.2, 0) is 7.05 Å². The van der Waals surface area contributed by atoms with Gasteiger partial charge in [-0.2, -0.15) is 5.10 Å². The van der Waals surface area contributed by atoms with Crippen molar-refractivity contribution in [1.29, 1.82) is 0 Å². The normalized spacial score (nSPS) is 10.7. The molecule has 100 valence electrons. The average molecular weight is 283 g/mol. The SMILES string of the molecule is Cn1nc(-c2ccccc2)cc1-c1ccc(C(N)=O)s1. The summed E-state index contributed by atoms with van der Waals surface area (Å²) in [5.74, 6) is -0.397. The topological polar surface area (TPSA) is 60.9 Å². The Balaban J connectivity index is 2.02. The molecule has 0 atom stereocenters. The first-order chi connectivity index (χ1) is 9.65. The van der Waals surface area contributed by atoms with Crippen molar-refractivity contribution in [3.8, 4) is 21.8 Å². The lowest BCUT2D eigenvalue weighted by Crippen LogP contribution is -2.07. The van der Waals surface area contributed by atoms with Crippen LogP contribution in [0.3, 0.4) is 0 Å². The molecular formula is C15H13N3OS. The number of primary amides is 1. The van der Waals surface area contributed by atoms with Gasteiger partial charge in [0.15, 0.2) is 0 Å². The molecule has 2 aromatic heterocycles. The molecule has 1 aromatic carbocycles. The van der Waals surface area contributed by atoms with Gasteiger partial charge in [-0.05, 0) is 18.2 Å².